The smallest absolute Gasteiger partial charge is 0.248 e. The zero-order valence-electron chi connectivity index (χ0n) is 12.7. The van der Waals surface area contributed by atoms with Crippen molar-refractivity contribution >= 4 is 40.0 Å². The molecule has 0 spiro atoms. The molecule has 0 saturated carbocycles. The van der Waals surface area contributed by atoms with Crippen LogP contribution in [0.5, 0.6) is 0 Å². The molecule has 0 aliphatic heterocycles. The van der Waals surface area contributed by atoms with Crippen molar-refractivity contribution < 1.29 is 9.59 Å². The van der Waals surface area contributed by atoms with E-state index in [0.29, 0.717) is 22.8 Å². The Bertz CT molecular complexity index is 903. The number of nitrogens with zero attached hydrogens (tertiary/aromatic N) is 2. The van der Waals surface area contributed by atoms with Gasteiger partial charge in [0.1, 0.15) is 0 Å². The van der Waals surface area contributed by atoms with E-state index < -0.39 is 5.91 Å². The number of amides is 2. The highest BCUT2D eigenvalue weighted by Crippen LogP contribution is 2.19. The summed E-state index contributed by atoms with van der Waals surface area (Å²) >= 11 is 5.95. The van der Waals surface area contributed by atoms with Gasteiger partial charge in [0.25, 0.3) is 0 Å². The summed E-state index contributed by atoms with van der Waals surface area (Å²) < 4.78 is 1.77. The summed E-state index contributed by atoms with van der Waals surface area (Å²) in [6.45, 7) is 0.455. The number of carbonyl (C=O) groups is 2. The Morgan fingerprint density at radius 1 is 1.17 bits per heavy atom. The van der Waals surface area contributed by atoms with Gasteiger partial charge >= 0.3 is 0 Å². The molecule has 1 aromatic heterocycles. The van der Waals surface area contributed by atoms with Crippen LogP contribution in [-0.2, 0) is 11.3 Å². The number of benzene rings is 2. The van der Waals surface area contributed by atoms with Gasteiger partial charge in [-0.2, -0.15) is 5.10 Å². The summed E-state index contributed by atoms with van der Waals surface area (Å²) in [4.78, 5) is 23.1. The molecular weight excluding hydrogens is 328 g/mol. The van der Waals surface area contributed by atoms with Crippen LogP contribution >= 0.6 is 11.6 Å². The first-order valence-electron chi connectivity index (χ1n) is 7.34. The van der Waals surface area contributed by atoms with Crippen molar-refractivity contribution in [2.24, 2.45) is 5.73 Å². The molecule has 2 amide bonds. The first kappa shape index (κ1) is 16.0. The van der Waals surface area contributed by atoms with Gasteiger partial charge in [0.05, 0.1) is 18.3 Å². The minimum absolute atomic E-state index is 0.139. The number of nitrogens with two attached hydrogens (primary N) is 1. The second-order valence-corrected chi connectivity index (χ2v) is 5.75. The number of aromatic nitrogens is 2. The molecule has 3 rings (SSSR count). The Kier molecular flexibility index (Phi) is 4.48. The number of hydrogen-bond acceptors (Lipinski definition) is 3. The number of nitrogens with one attached hydrogen (secondary N) is 1. The molecule has 0 atom stereocenters. The molecule has 0 aliphatic rings. The number of primary amides is 1. The lowest BCUT2D eigenvalue weighted by Gasteiger charge is -2.07. The standard InChI is InChI=1S/C17H15ClN4O2/c18-13-3-6-15-12(9-13)10-20-22(15)8-7-16(23)21-14-4-1-11(2-5-14)17(19)24/h1-6,9-10H,7-8H2,(H2,19,24)(H,21,23). The third-order valence-corrected chi connectivity index (χ3v) is 3.84. The molecule has 3 N–H and O–H groups in total. The van der Waals surface area contributed by atoms with E-state index in [9.17, 15) is 9.59 Å². The van der Waals surface area contributed by atoms with E-state index in [-0.39, 0.29) is 12.3 Å². The normalized spacial score (nSPS) is 10.7. The van der Waals surface area contributed by atoms with Crippen LogP contribution in [0.15, 0.2) is 48.7 Å². The van der Waals surface area contributed by atoms with Crippen molar-refractivity contribution in [3.05, 3.63) is 59.2 Å². The van der Waals surface area contributed by atoms with E-state index in [1.165, 1.54) is 0 Å². The van der Waals surface area contributed by atoms with Crippen molar-refractivity contribution in [3.63, 3.8) is 0 Å². The van der Waals surface area contributed by atoms with E-state index in [4.69, 9.17) is 17.3 Å². The van der Waals surface area contributed by atoms with E-state index in [1.807, 2.05) is 12.1 Å². The summed E-state index contributed by atoms with van der Waals surface area (Å²) in [5.74, 6) is -0.641. The Morgan fingerprint density at radius 3 is 2.62 bits per heavy atom. The van der Waals surface area contributed by atoms with Gasteiger partial charge in [0.2, 0.25) is 11.8 Å². The minimum atomic E-state index is -0.501. The SMILES string of the molecule is NC(=O)c1ccc(NC(=O)CCn2ncc3cc(Cl)ccc32)cc1. The number of hydrogen-bond donors (Lipinski definition) is 2. The quantitative estimate of drug-likeness (QED) is 0.747. The Labute approximate surface area is 143 Å². The molecular formula is C17H15ClN4O2. The summed E-state index contributed by atoms with van der Waals surface area (Å²) in [5.41, 5.74) is 7.12. The zero-order chi connectivity index (χ0) is 17.1. The first-order valence-corrected chi connectivity index (χ1v) is 7.71. The van der Waals surface area contributed by atoms with Crippen LogP contribution in [0, 0.1) is 0 Å². The van der Waals surface area contributed by atoms with Crippen LogP contribution in [0.25, 0.3) is 10.9 Å². The molecule has 24 heavy (non-hydrogen) atoms. The highest BCUT2D eigenvalue weighted by atomic mass is 35.5. The van der Waals surface area contributed by atoms with Crippen molar-refractivity contribution in [2.75, 3.05) is 5.32 Å². The third kappa shape index (κ3) is 3.55. The number of aryl methyl sites for hydroxylation is 1. The maximum atomic E-state index is 12.1. The van der Waals surface area contributed by atoms with E-state index in [0.717, 1.165) is 10.9 Å². The molecule has 122 valence electrons. The van der Waals surface area contributed by atoms with Gasteiger partial charge in [0.15, 0.2) is 0 Å². The molecule has 3 aromatic rings. The number of anilines is 1. The van der Waals surface area contributed by atoms with Crippen LogP contribution in [0.1, 0.15) is 16.8 Å². The lowest BCUT2D eigenvalue weighted by molar-refractivity contribution is -0.116. The molecule has 7 heteroatoms. The Balaban J connectivity index is 1.61. The van der Waals surface area contributed by atoms with Gasteiger partial charge in [-0.1, -0.05) is 11.6 Å². The van der Waals surface area contributed by atoms with Crippen molar-refractivity contribution in [3.8, 4) is 0 Å². The second kappa shape index (κ2) is 6.72. The monoisotopic (exact) mass is 342 g/mol. The molecule has 0 aliphatic carbocycles. The molecule has 0 radical (unpaired) electrons. The number of carbonyl (C=O) groups excluding carboxylic acids is 2. The molecule has 0 saturated heterocycles. The summed E-state index contributed by atoms with van der Waals surface area (Å²) in [6.07, 6.45) is 2.00. The van der Waals surface area contributed by atoms with Crippen molar-refractivity contribution in [1.29, 1.82) is 0 Å². The van der Waals surface area contributed by atoms with Gasteiger partial charge in [0, 0.05) is 28.1 Å². The molecule has 6 nitrogen and oxygen atoms in total. The molecule has 0 unspecified atom stereocenters. The molecule has 1 heterocycles. The second-order valence-electron chi connectivity index (χ2n) is 5.31. The van der Waals surface area contributed by atoms with Crippen LogP contribution in [-0.4, -0.2) is 21.6 Å². The van der Waals surface area contributed by atoms with Crippen molar-refractivity contribution in [1.82, 2.24) is 9.78 Å². The summed E-state index contributed by atoms with van der Waals surface area (Å²) in [5, 5.41) is 8.63. The summed E-state index contributed by atoms with van der Waals surface area (Å²) in [6, 6.07) is 11.9. The largest absolute Gasteiger partial charge is 0.366 e. The number of halogens is 1. The van der Waals surface area contributed by atoms with Crippen LogP contribution in [0.2, 0.25) is 5.02 Å². The summed E-state index contributed by atoms with van der Waals surface area (Å²) in [7, 11) is 0. The highest BCUT2D eigenvalue weighted by molar-refractivity contribution is 6.31. The van der Waals surface area contributed by atoms with Gasteiger partial charge < -0.3 is 11.1 Å². The Hall–Kier alpha value is -2.86. The molecule has 2 aromatic carbocycles. The van der Waals surface area contributed by atoms with Crippen LogP contribution < -0.4 is 11.1 Å². The van der Waals surface area contributed by atoms with Gasteiger partial charge in [-0.05, 0) is 42.5 Å². The van der Waals surface area contributed by atoms with Gasteiger partial charge in [-0.3, -0.25) is 14.3 Å². The van der Waals surface area contributed by atoms with Crippen molar-refractivity contribution in [2.45, 2.75) is 13.0 Å². The maximum Gasteiger partial charge on any atom is 0.248 e. The fourth-order valence-corrected chi connectivity index (χ4v) is 2.57. The molecule has 0 bridgehead atoms. The fourth-order valence-electron chi connectivity index (χ4n) is 2.38. The topological polar surface area (TPSA) is 90.0 Å². The highest BCUT2D eigenvalue weighted by Gasteiger charge is 2.07. The van der Waals surface area contributed by atoms with Crippen LogP contribution in [0.4, 0.5) is 5.69 Å². The fraction of sp³-hybridized carbons (Fsp3) is 0.118. The molecule has 0 fully saturated rings. The lowest BCUT2D eigenvalue weighted by atomic mass is 10.2. The minimum Gasteiger partial charge on any atom is -0.366 e. The average Bonchev–Trinajstić information content (AvgIpc) is 2.95. The zero-order valence-corrected chi connectivity index (χ0v) is 13.5. The van der Waals surface area contributed by atoms with E-state index in [2.05, 4.69) is 10.4 Å². The van der Waals surface area contributed by atoms with Gasteiger partial charge in [-0.25, -0.2) is 0 Å². The average molecular weight is 343 g/mol. The van der Waals surface area contributed by atoms with E-state index >= 15 is 0 Å². The first-order chi connectivity index (χ1) is 11.5. The number of fused-ring (bicyclic) bond motifs is 1. The predicted octanol–water partition coefficient (Wildman–Crippen LogP) is 2.82. The third-order valence-electron chi connectivity index (χ3n) is 3.61. The maximum absolute atomic E-state index is 12.1. The lowest BCUT2D eigenvalue weighted by Crippen LogP contribution is -2.15. The van der Waals surface area contributed by atoms with Gasteiger partial charge in [-0.15, -0.1) is 0 Å². The van der Waals surface area contributed by atoms with Crippen LogP contribution in [0.3, 0.4) is 0 Å². The Morgan fingerprint density at radius 2 is 1.92 bits per heavy atom. The van der Waals surface area contributed by atoms with E-state index in [1.54, 1.807) is 41.2 Å². The number of rotatable bonds is 5. The predicted molar refractivity (Wildman–Crippen MR) is 92.9 cm³/mol.